The summed E-state index contributed by atoms with van der Waals surface area (Å²) >= 11 is 1.67. The molecule has 2 aromatic rings. The first-order valence-corrected chi connectivity index (χ1v) is 7.47. The van der Waals surface area contributed by atoms with Gasteiger partial charge in [-0.05, 0) is 26.8 Å². The van der Waals surface area contributed by atoms with E-state index < -0.39 is 0 Å². The van der Waals surface area contributed by atoms with Crippen molar-refractivity contribution in [3.8, 4) is 5.75 Å². The minimum absolute atomic E-state index is 0.0859. The molecule has 0 saturated heterocycles. The largest absolute Gasteiger partial charge is 0.494 e. The van der Waals surface area contributed by atoms with Crippen LogP contribution in [0.25, 0.3) is 0 Å². The second kappa shape index (κ2) is 6.68. The summed E-state index contributed by atoms with van der Waals surface area (Å²) in [6.07, 6.45) is 1.85. The van der Waals surface area contributed by atoms with Gasteiger partial charge in [-0.2, -0.15) is 0 Å². The number of rotatable bonds is 6. The van der Waals surface area contributed by atoms with Crippen LogP contribution in [0, 0.1) is 0 Å². The van der Waals surface area contributed by atoms with Gasteiger partial charge < -0.3 is 10.1 Å². The highest BCUT2D eigenvalue weighted by Gasteiger charge is 2.20. The minimum atomic E-state index is 0.0859. The second-order valence-electron chi connectivity index (χ2n) is 4.60. The first-order valence-electron chi connectivity index (χ1n) is 6.59. The highest BCUT2D eigenvalue weighted by Crippen LogP contribution is 2.31. The van der Waals surface area contributed by atoms with Gasteiger partial charge in [-0.3, -0.25) is 0 Å². The number of nitrogens with one attached hydrogen (secondary N) is 1. The first kappa shape index (κ1) is 14.0. The Kier molecular flexibility index (Phi) is 4.93. The molecule has 4 heteroatoms. The Morgan fingerprint density at radius 3 is 2.74 bits per heavy atom. The number of para-hydroxylation sites is 1. The summed E-state index contributed by atoms with van der Waals surface area (Å²) in [4.78, 5) is 4.45. The minimum Gasteiger partial charge on any atom is -0.494 e. The summed E-state index contributed by atoms with van der Waals surface area (Å²) in [5, 5.41) is 6.64. The van der Waals surface area contributed by atoms with Gasteiger partial charge in [0.1, 0.15) is 10.8 Å². The van der Waals surface area contributed by atoms with Crippen molar-refractivity contribution in [3.05, 3.63) is 46.4 Å². The van der Waals surface area contributed by atoms with Crippen LogP contribution in [0.5, 0.6) is 5.75 Å². The van der Waals surface area contributed by atoms with Crippen LogP contribution < -0.4 is 10.1 Å². The Labute approximate surface area is 118 Å². The fraction of sp³-hybridized carbons (Fsp3) is 0.400. The topological polar surface area (TPSA) is 34.1 Å². The summed E-state index contributed by atoms with van der Waals surface area (Å²) in [6.45, 7) is 6.96. The number of benzene rings is 1. The maximum Gasteiger partial charge on any atom is 0.124 e. The molecule has 0 fully saturated rings. The van der Waals surface area contributed by atoms with Gasteiger partial charge >= 0.3 is 0 Å². The molecule has 1 unspecified atom stereocenters. The number of nitrogens with zero attached hydrogens (tertiary/aromatic N) is 1. The molecule has 0 spiro atoms. The zero-order valence-electron chi connectivity index (χ0n) is 11.6. The molecule has 0 radical (unpaired) electrons. The molecule has 2 rings (SSSR count). The first-order chi connectivity index (χ1) is 9.22. The molecular formula is C15H20N2OS. The molecule has 1 aromatic heterocycles. The SMILES string of the molecule is CCOc1ccccc1C(NC(C)C)c1nccs1. The number of hydrogen-bond acceptors (Lipinski definition) is 4. The quantitative estimate of drug-likeness (QED) is 0.875. The average molecular weight is 276 g/mol. The van der Waals surface area contributed by atoms with Crippen molar-refractivity contribution in [1.82, 2.24) is 10.3 Å². The molecule has 0 bridgehead atoms. The molecule has 1 N–H and O–H groups in total. The second-order valence-corrected chi connectivity index (χ2v) is 5.52. The number of thiazole rings is 1. The Morgan fingerprint density at radius 2 is 2.11 bits per heavy atom. The Hall–Kier alpha value is -1.39. The molecule has 0 amide bonds. The Bertz CT molecular complexity index is 497. The van der Waals surface area contributed by atoms with Gasteiger partial charge in [0.15, 0.2) is 0 Å². The van der Waals surface area contributed by atoms with Crippen LogP contribution in [0.1, 0.15) is 37.4 Å². The molecule has 19 heavy (non-hydrogen) atoms. The summed E-state index contributed by atoms with van der Waals surface area (Å²) < 4.78 is 5.73. The zero-order chi connectivity index (χ0) is 13.7. The van der Waals surface area contributed by atoms with Crippen LogP contribution in [-0.2, 0) is 0 Å². The summed E-state index contributed by atoms with van der Waals surface area (Å²) in [7, 11) is 0. The maximum atomic E-state index is 5.73. The van der Waals surface area contributed by atoms with Crippen LogP contribution in [0.3, 0.4) is 0 Å². The standard InChI is InChI=1S/C15H20N2OS/c1-4-18-13-8-6-5-7-12(13)14(17-11(2)3)15-16-9-10-19-15/h5-11,14,17H,4H2,1-3H3. The number of hydrogen-bond donors (Lipinski definition) is 1. The molecule has 102 valence electrons. The van der Waals surface area contributed by atoms with Crippen LogP contribution in [0.4, 0.5) is 0 Å². The van der Waals surface area contributed by atoms with E-state index in [1.807, 2.05) is 36.7 Å². The zero-order valence-corrected chi connectivity index (χ0v) is 12.4. The lowest BCUT2D eigenvalue weighted by atomic mass is 10.1. The van der Waals surface area contributed by atoms with Gasteiger partial charge in [0.05, 0.1) is 12.6 Å². The van der Waals surface area contributed by atoms with E-state index in [0.717, 1.165) is 16.3 Å². The van der Waals surface area contributed by atoms with E-state index in [4.69, 9.17) is 4.74 Å². The summed E-state index contributed by atoms with van der Waals surface area (Å²) in [6, 6.07) is 8.63. The predicted molar refractivity (Wildman–Crippen MR) is 79.8 cm³/mol. The third-order valence-electron chi connectivity index (χ3n) is 2.73. The van der Waals surface area contributed by atoms with Crippen molar-refractivity contribution < 1.29 is 4.74 Å². The fourth-order valence-corrected chi connectivity index (χ4v) is 2.72. The summed E-state index contributed by atoms with van der Waals surface area (Å²) in [5.41, 5.74) is 1.15. The lowest BCUT2D eigenvalue weighted by Gasteiger charge is -2.22. The van der Waals surface area contributed by atoms with E-state index >= 15 is 0 Å². The molecule has 0 aliphatic rings. The molecule has 0 saturated carbocycles. The van der Waals surface area contributed by atoms with E-state index in [0.29, 0.717) is 12.6 Å². The van der Waals surface area contributed by atoms with Gasteiger partial charge in [-0.15, -0.1) is 11.3 Å². The molecule has 1 heterocycles. The van der Waals surface area contributed by atoms with E-state index in [-0.39, 0.29) is 6.04 Å². The van der Waals surface area contributed by atoms with Gasteiger partial charge in [0.2, 0.25) is 0 Å². The predicted octanol–water partition coefficient (Wildman–Crippen LogP) is 3.63. The average Bonchev–Trinajstić information content (AvgIpc) is 2.91. The summed E-state index contributed by atoms with van der Waals surface area (Å²) in [5.74, 6) is 0.929. The van der Waals surface area contributed by atoms with Crippen molar-refractivity contribution in [2.75, 3.05) is 6.61 Å². The van der Waals surface area contributed by atoms with Crippen molar-refractivity contribution >= 4 is 11.3 Å². The highest BCUT2D eigenvalue weighted by molar-refractivity contribution is 7.09. The van der Waals surface area contributed by atoms with Crippen LogP contribution in [-0.4, -0.2) is 17.6 Å². The lowest BCUT2D eigenvalue weighted by Crippen LogP contribution is -2.29. The van der Waals surface area contributed by atoms with Crippen molar-refractivity contribution in [2.45, 2.75) is 32.9 Å². The van der Waals surface area contributed by atoms with E-state index in [1.165, 1.54) is 0 Å². The van der Waals surface area contributed by atoms with Crippen molar-refractivity contribution in [2.24, 2.45) is 0 Å². The van der Waals surface area contributed by atoms with E-state index in [9.17, 15) is 0 Å². The van der Waals surface area contributed by atoms with Crippen molar-refractivity contribution in [3.63, 3.8) is 0 Å². The monoisotopic (exact) mass is 276 g/mol. The lowest BCUT2D eigenvalue weighted by molar-refractivity contribution is 0.332. The smallest absolute Gasteiger partial charge is 0.124 e. The highest BCUT2D eigenvalue weighted by atomic mass is 32.1. The Balaban J connectivity index is 2.38. The fourth-order valence-electron chi connectivity index (χ4n) is 2.01. The van der Waals surface area contributed by atoms with E-state index in [2.05, 4.69) is 30.2 Å². The van der Waals surface area contributed by atoms with Crippen LogP contribution in [0.2, 0.25) is 0 Å². The normalized spacial score (nSPS) is 12.6. The van der Waals surface area contributed by atoms with Gasteiger partial charge in [-0.1, -0.05) is 18.2 Å². The third kappa shape index (κ3) is 3.55. The maximum absolute atomic E-state index is 5.73. The Morgan fingerprint density at radius 1 is 1.32 bits per heavy atom. The van der Waals surface area contributed by atoms with Gasteiger partial charge in [0.25, 0.3) is 0 Å². The van der Waals surface area contributed by atoms with Crippen LogP contribution >= 0.6 is 11.3 Å². The number of ether oxygens (including phenoxy) is 1. The van der Waals surface area contributed by atoms with Gasteiger partial charge in [-0.25, -0.2) is 4.98 Å². The number of aromatic nitrogens is 1. The molecule has 1 aromatic carbocycles. The molecule has 0 aliphatic carbocycles. The van der Waals surface area contributed by atoms with Gasteiger partial charge in [0, 0.05) is 23.2 Å². The van der Waals surface area contributed by atoms with Crippen LogP contribution in [0.15, 0.2) is 35.8 Å². The molecular weight excluding hydrogens is 256 g/mol. The van der Waals surface area contributed by atoms with Crippen molar-refractivity contribution in [1.29, 1.82) is 0 Å². The van der Waals surface area contributed by atoms with E-state index in [1.54, 1.807) is 11.3 Å². The molecule has 3 nitrogen and oxygen atoms in total. The third-order valence-corrected chi connectivity index (χ3v) is 3.57. The molecule has 0 aliphatic heterocycles. The molecule has 1 atom stereocenters.